The predicted octanol–water partition coefficient (Wildman–Crippen LogP) is 7.88. The molecule has 1 saturated heterocycles. The van der Waals surface area contributed by atoms with Gasteiger partial charge in [-0.2, -0.15) is 0 Å². The Balaban J connectivity index is 0.000000365. The molecule has 5 rings (SSSR count). The van der Waals surface area contributed by atoms with Crippen LogP contribution in [-0.2, 0) is 16.0 Å². The highest BCUT2D eigenvalue weighted by atomic mass is 35.5. The Morgan fingerprint density at radius 2 is 1.67 bits per heavy atom. The zero-order valence-electron chi connectivity index (χ0n) is 27.0. The van der Waals surface area contributed by atoms with Gasteiger partial charge in [0, 0.05) is 24.3 Å². The summed E-state index contributed by atoms with van der Waals surface area (Å²) in [6.07, 6.45) is 6.33. The summed E-state index contributed by atoms with van der Waals surface area (Å²) in [4.78, 5) is 22.7. The van der Waals surface area contributed by atoms with Crippen LogP contribution in [0.3, 0.4) is 0 Å². The molecule has 0 spiro atoms. The van der Waals surface area contributed by atoms with Crippen LogP contribution in [0.4, 0.5) is 14.5 Å². The molecule has 0 radical (unpaired) electrons. The van der Waals surface area contributed by atoms with E-state index < -0.39 is 11.6 Å². The minimum absolute atomic E-state index is 0.0465. The Kier molecular flexibility index (Phi) is 15.1. The highest BCUT2D eigenvalue weighted by Crippen LogP contribution is 2.36. The third-order valence-corrected chi connectivity index (χ3v) is 8.43. The van der Waals surface area contributed by atoms with E-state index in [4.69, 9.17) is 21.2 Å². The first kappa shape index (κ1) is 37.3. The normalized spacial score (nSPS) is 15.9. The summed E-state index contributed by atoms with van der Waals surface area (Å²) in [5.41, 5.74) is 6.81. The summed E-state index contributed by atoms with van der Waals surface area (Å²) in [7, 11) is 3.73. The summed E-state index contributed by atoms with van der Waals surface area (Å²) in [6.45, 7) is 16.5. The Morgan fingerprint density at radius 3 is 2.31 bits per heavy atom. The quantitative estimate of drug-likeness (QED) is 0.269. The maximum atomic E-state index is 14.7. The lowest BCUT2D eigenvalue weighted by Crippen LogP contribution is -2.40. The number of anilines is 1. The zero-order valence-corrected chi connectivity index (χ0v) is 27.7. The van der Waals surface area contributed by atoms with Crippen molar-refractivity contribution >= 4 is 37.1 Å². The number of likely N-dealkylation sites (tertiary alicyclic amines) is 1. The van der Waals surface area contributed by atoms with Gasteiger partial charge in [-0.1, -0.05) is 37.2 Å². The van der Waals surface area contributed by atoms with Crippen molar-refractivity contribution < 1.29 is 18.4 Å². The third kappa shape index (κ3) is 10.1. The number of carbonyl (C=O) groups is 2. The minimum Gasteiger partial charge on any atom is -0.386 e. The van der Waals surface area contributed by atoms with Crippen molar-refractivity contribution in [3.8, 4) is 11.1 Å². The molecule has 3 aromatic rings. The smallest absolute Gasteiger partial charge is 0.157 e. The molecule has 1 atom stereocenters. The first-order valence-corrected chi connectivity index (χ1v) is 15.3. The van der Waals surface area contributed by atoms with Crippen molar-refractivity contribution in [2.75, 3.05) is 32.5 Å². The lowest BCUT2D eigenvalue weighted by molar-refractivity contribution is -0.0987. The van der Waals surface area contributed by atoms with Crippen molar-refractivity contribution in [1.82, 2.24) is 10.2 Å². The average Bonchev–Trinajstić information content (AvgIpc) is 3.41. The fourth-order valence-corrected chi connectivity index (χ4v) is 5.90. The van der Waals surface area contributed by atoms with E-state index in [1.807, 2.05) is 26.6 Å². The van der Waals surface area contributed by atoms with Gasteiger partial charge in [0.1, 0.15) is 25.2 Å². The van der Waals surface area contributed by atoms with E-state index in [0.29, 0.717) is 23.3 Å². The molecular weight excluding hydrogens is 594 g/mol. The Labute approximate surface area is 271 Å². The van der Waals surface area contributed by atoms with Gasteiger partial charge in [-0.3, -0.25) is 0 Å². The number of hydrogen-bond acceptors (Lipinski definition) is 6. The van der Waals surface area contributed by atoms with Crippen molar-refractivity contribution in [3.05, 3.63) is 99.3 Å². The number of hydrogen-bond donors (Lipinski definition) is 2. The number of piperidine rings is 1. The van der Waals surface area contributed by atoms with E-state index in [0.717, 1.165) is 42.1 Å². The van der Waals surface area contributed by atoms with E-state index in [9.17, 15) is 8.78 Å². The van der Waals surface area contributed by atoms with Gasteiger partial charge in [0.05, 0.1) is 11.3 Å². The summed E-state index contributed by atoms with van der Waals surface area (Å²) in [5, 5.41) is 7.00. The Morgan fingerprint density at radius 1 is 1.00 bits per heavy atom. The largest absolute Gasteiger partial charge is 0.386 e. The third-order valence-electron chi connectivity index (χ3n) is 8.21. The molecule has 242 valence electrons. The second-order valence-corrected chi connectivity index (χ2v) is 11.7. The van der Waals surface area contributed by atoms with Gasteiger partial charge in [0.2, 0.25) is 0 Å². The maximum Gasteiger partial charge on any atom is 0.157 e. The second kappa shape index (κ2) is 18.2. The highest BCUT2D eigenvalue weighted by Gasteiger charge is 2.20. The molecule has 9 heteroatoms. The minimum atomic E-state index is -0.604. The van der Waals surface area contributed by atoms with Gasteiger partial charge in [-0.05, 0) is 129 Å². The standard InChI is InChI=1S/C23H28F2N4.C11H13Cl.2CH2O/c1-15-5-6-17(22-20(24)7-8-21(26-3)23(22)25)13-18(15)14-27-16(2)28-19-9-11-29(4)12-10-19;1-7-3-4-10-8(2)5-9(12)6-11(7)10;2*1-2/h5-8,13-14,19,26,28H,2,9-12H2,1,3-4H3;5-7H,3-4H2,1-2H3;2*1H2/b27-14-;;;. The van der Waals surface area contributed by atoms with Crippen LogP contribution in [0.1, 0.15) is 59.9 Å². The number of nitrogens with one attached hydrogen (secondary N) is 2. The maximum absolute atomic E-state index is 14.7. The van der Waals surface area contributed by atoms with Crippen molar-refractivity contribution in [1.29, 1.82) is 0 Å². The number of halogens is 3. The molecule has 2 aliphatic rings. The molecule has 1 unspecified atom stereocenters. The molecule has 1 aliphatic heterocycles. The van der Waals surface area contributed by atoms with E-state index in [-0.39, 0.29) is 11.3 Å². The first-order chi connectivity index (χ1) is 21.6. The van der Waals surface area contributed by atoms with Gasteiger partial charge >= 0.3 is 0 Å². The number of aliphatic imine (C=N–C) groups is 1. The first-order valence-electron chi connectivity index (χ1n) is 14.9. The van der Waals surface area contributed by atoms with E-state index in [1.54, 1.807) is 25.4 Å². The molecule has 0 saturated carbocycles. The number of rotatable bonds is 6. The van der Waals surface area contributed by atoms with E-state index >= 15 is 0 Å². The number of fused-ring (bicyclic) bond motifs is 1. The van der Waals surface area contributed by atoms with Crippen LogP contribution in [0.15, 0.2) is 59.9 Å². The van der Waals surface area contributed by atoms with Gasteiger partial charge < -0.3 is 25.1 Å². The van der Waals surface area contributed by atoms with Gasteiger partial charge in [0.25, 0.3) is 0 Å². The number of carbonyl (C=O) groups excluding carboxylic acids is 2. The van der Waals surface area contributed by atoms with Crippen molar-refractivity contribution in [2.45, 2.75) is 58.4 Å². The van der Waals surface area contributed by atoms with Crippen LogP contribution in [0.2, 0.25) is 5.02 Å². The van der Waals surface area contributed by atoms with Crippen molar-refractivity contribution in [3.63, 3.8) is 0 Å². The van der Waals surface area contributed by atoms with E-state index in [1.165, 1.54) is 41.7 Å². The molecule has 3 aromatic carbocycles. The lowest BCUT2D eigenvalue weighted by atomic mass is 9.98. The monoisotopic (exact) mass is 638 g/mol. The number of benzene rings is 3. The van der Waals surface area contributed by atoms with Gasteiger partial charge in [-0.25, -0.2) is 13.8 Å². The van der Waals surface area contributed by atoms with Crippen molar-refractivity contribution in [2.24, 2.45) is 4.99 Å². The molecule has 0 aromatic heterocycles. The highest BCUT2D eigenvalue weighted by molar-refractivity contribution is 6.30. The fraction of sp³-hybridized carbons (Fsp3) is 0.361. The molecule has 1 aliphatic carbocycles. The molecular formula is C36H45ClF2N4O2. The Bertz CT molecular complexity index is 1470. The molecule has 0 bridgehead atoms. The molecule has 45 heavy (non-hydrogen) atoms. The molecule has 1 fully saturated rings. The molecule has 1 heterocycles. The van der Waals surface area contributed by atoms with Gasteiger partial charge in [-0.15, -0.1) is 0 Å². The average molecular weight is 639 g/mol. The van der Waals surface area contributed by atoms with Crippen LogP contribution in [0.5, 0.6) is 0 Å². The van der Waals surface area contributed by atoms with Crippen LogP contribution in [0, 0.1) is 25.5 Å². The van der Waals surface area contributed by atoms with E-state index in [2.05, 4.69) is 60.1 Å². The summed E-state index contributed by atoms with van der Waals surface area (Å²) < 4.78 is 29.0. The molecule has 6 nitrogen and oxygen atoms in total. The lowest BCUT2D eigenvalue weighted by Gasteiger charge is -2.29. The summed E-state index contributed by atoms with van der Waals surface area (Å²) in [5.74, 6) is 0.102. The predicted molar refractivity (Wildman–Crippen MR) is 184 cm³/mol. The number of aryl methyl sites for hydroxylation is 2. The fourth-order valence-electron chi connectivity index (χ4n) is 5.62. The SMILES string of the molecule is C=C(/N=C\c1cc(-c2c(F)ccc(NC)c2F)ccc1C)NC1CCN(C)CC1.C=O.C=O.Cc1cc(Cl)cc2c1CCC2C. The van der Waals surface area contributed by atoms with Crippen LogP contribution < -0.4 is 10.6 Å². The Hall–Kier alpha value is -3.88. The van der Waals surface area contributed by atoms with Crippen LogP contribution in [-0.4, -0.2) is 57.9 Å². The molecule has 0 amide bonds. The summed E-state index contributed by atoms with van der Waals surface area (Å²) in [6, 6.07) is 12.5. The second-order valence-electron chi connectivity index (χ2n) is 11.3. The molecule has 2 N–H and O–H groups in total. The number of nitrogens with zero attached hydrogens (tertiary/aromatic N) is 2. The van der Waals surface area contributed by atoms with Gasteiger partial charge in [0.15, 0.2) is 5.82 Å². The van der Waals surface area contributed by atoms with Crippen LogP contribution >= 0.6 is 11.6 Å². The summed E-state index contributed by atoms with van der Waals surface area (Å²) >= 11 is 5.99. The zero-order chi connectivity index (χ0) is 33.7. The topological polar surface area (TPSA) is 73.8 Å². The van der Waals surface area contributed by atoms with Crippen LogP contribution in [0.25, 0.3) is 11.1 Å².